The molecule has 1 aliphatic heterocycles. The van der Waals surface area contributed by atoms with E-state index in [1.165, 1.54) is 23.6 Å². The lowest BCUT2D eigenvalue weighted by Gasteiger charge is -2.32. The van der Waals surface area contributed by atoms with Crippen LogP contribution in [-0.2, 0) is 9.59 Å². The first-order valence-electron chi connectivity index (χ1n) is 5.98. The summed E-state index contributed by atoms with van der Waals surface area (Å²) in [6, 6.07) is 2.47. The standard InChI is InChI=1S/C12H14N2O4S2/c1-7(15)13-10-3-2-9(20-10)11(16)14-4-5-19-6-8(14)12(17)18/h2-3,8H,4-6H2,1H3,(H,13,15)(H,17,18). The smallest absolute Gasteiger partial charge is 0.327 e. The molecular weight excluding hydrogens is 300 g/mol. The van der Waals surface area contributed by atoms with Gasteiger partial charge in [0.05, 0.1) is 9.88 Å². The molecule has 2 N–H and O–H groups in total. The number of rotatable bonds is 3. The van der Waals surface area contributed by atoms with Crippen LogP contribution in [0, 0.1) is 0 Å². The maximum atomic E-state index is 12.4. The molecule has 2 rings (SSSR count). The first-order chi connectivity index (χ1) is 9.49. The summed E-state index contributed by atoms with van der Waals surface area (Å²) in [5.41, 5.74) is 0. The van der Waals surface area contributed by atoms with Gasteiger partial charge in [0.1, 0.15) is 6.04 Å². The Labute approximate surface area is 124 Å². The third-order valence-corrected chi connectivity index (χ3v) is 4.80. The normalized spacial score (nSPS) is 18.6. The van der Waals surface area contributed by atoms with E-state index in [0.717, 1.165) is 17.1 Å². The number of nitrogens with zero attached hydrogens (tertiary/aromatic N) is 1. The highest BCUT2D eigenvalue weighted by Crippen LogP contribution is 2.26. The first kappa shape index (κ1) is 14.9. The van der Waals surface area contributed by atoms with E-state index in [-0.39, 0.29) is 11.8 Å². The Hall–Kier alpha value is -1.54. The van der Waals surface area contributed by atoms with Gasteiger partial charge in [-0.25, -0.2) is 4.79 Å². The topological polar surface area (TPSA) is 86.7 Å². The first-order valence-corrected chi connectivity index (χ1v) is 7.95. The summed E-state index contributed by atoms with van der Waals surface area (Å²) in [6.45, 7) is 1.82. The SMILES string of the molecule is CC(=O)Nc1ccc(C(=O)N2CCSCC2C(=O)O)s1. The monoisotopic (exact) mass is 314 g/mol. The highest BCUT2D eigenvalue weighted by atomic mass is 32.2. The number of thioether (sulfide) groups is 1. The summed E-state index contributed by atoms with van der Waals surface area (Å²) >= 11 is 2.69. The lowest BCUT2D eigenvalue weighted by Crippen LogP contribution is -2.50. The molecule has 1 fully saturated rings. The van der Waals surface area contributed by atoms with Crippen molar-refractivity contribution in [3.8, 4) is 0 Å². The zero-order valence-corrected chi connectivity index (χ0v) is 12.4. The predicted octanol–water partition coefficient (Wildman–Crippen LogP) is 1.35. The number of hydrogen-bond acceptors (Lipinski definition) is 5. The zero-order valence-electron chi connectivity index (χ0n) is 10.8. The van der Waals surface area contributed by atoms with Crippen LogP contribution in [0.3, 0.4) is 0 Å². The lowest BCUT2D eigenvalue weighted by atomic mass is 10.2. The van der Waals surface area contributed by atoms with Crippen molar-refractivity contribution < 1.29 is 19.5 Å². The van der Waals surface area contributed by atoms with Crippen molar-refractivity contribution in [2.75, 3.05) is 23.4 Å². The molecule has 1 unspecified atom stereocenters. The van der Waals surface area contributed by atoms with E-state index in [2.05, 4.69) is 5.32 Å². The summed E-state index contributed by atoms with van der Waals surface area (Å²) in [4.78, 5) is 36.3. The van der Waals surface area contributed by atoms with Crippen LogP contribution in [0.2, 0.25) is 0 Å². The average molecular weight is 314 g/mol. The number of carbonyl (C=O) groups is 3. The molecule has 6 nitrogen and oxygen atoms in total. The Morgan fingerprint density at radius 1 is 1.40 bits per heavy atom. The molecule has 0 aliphatic carbocycles. The molecule has 0 radical (unpaired) electrons. The summed E-state index contributed by atoms with van der Waals surface area (Å²) in [7, 11) is 0. The number of carboxylic acids is 1. The second-order valence-electron chi connectivity index (χ2n) is 4.27. The highest BCUT2D eigenvalue weighted by Gasteiger charge is 2.33. The van der Waals surface area contributed by atoms with E-state index in [4.69, 9.17) is 5.11 Å². The summed E-state index contributed by atoms with van der Waals surface area (Å²) in [5, 5.41) is 12.4. The van der Waals surface area contributed by atoms with Crippen molar-refractivity contribution in [1.29, 1.82) is 0 Å². The number of amides is 2. The summed E-state index contributed by atoms with van der Waals surface area (Å²) < 4.78 is 0. The number of aliphatic carboxylic acids is 1. The molecule has 1 aromatic rings. The van der Waals surface area contributed by atoms with Gasteiger partial charge in [0.15, 0.2) is 0 Å². The van der Waals surface area contributed by atoms with Gasteiger partial charge in [-0.05, 0) is 12.1 Å². The number of anilines is 1. The van der Waals surface area contributed by atoms with E-state index < -0.39 is 12.0 Å². The largest absolute Gasteiger partial charge is 0.480 e. The Bertz CT molecular complexity index is 543. The van der Waals surface area contributed by atoms with Crippen molar-refractivity contribution in [3.63, 3.8) is 0 Å². The van der Waals surface area contributed by atoms with Crippen LogP contribution in [0.1, 0.15) is 16.6 Å². The quantitative estimate of drug-likeness (QED) is 0.879. The Morgan fingerprint density at radius 3 is 2.80 bits per heavy atom. The molecule has 2 amide bonds. The number of hydrogen-bond donors (Lipinski definition) is 2. The molecule has 0 spiro atoms. The van der Waals surface area contributed by atoms with Crippen LogP contribution in [0.4, 0.5) is 5.00 Å². The maximum Gasteiger partial charge on any atom is 0.327 e. The number of carboxylic acid groups (broad SMARTS) is 1. The number of carbonyl (C=O) groups excluding carboxylic acids is 2. The van der Waals surface area contributed by atoms with Gasteiger partial charge >= 0.3 is 5.97 Å². The van der Waals surface area contributed by atoms with Crippen LogP contribution in [-0.4, -0.2) is 51.9 Å². The lowest BCUT2D eigenvalue weighted by molar-refractivity contribution is -0.141. The van der Waals surface area contributed by atoms with E-state index >= 15 is 0 Å². The van der Waals surface area contributed by atoms with Gasteiger partial charge in [-0.2, -0.15) is 11.8 Å². The van der Waals surface area contributed by atoms with E-state index in [0.29, 0.717) is 22.2 Å². The molecule has 1 atom stereocenters. The molecular formula is C12H14N2O4S2. The van der Waals surface area contributed by atoms with Gasteiger partial charge in [0.2, 0.25) is 5.91 Å². The van der Waals surface area contributed by atoms with E-state index in [1.807, 2.05) is 0 Å². The summed E-state index contributed by atoms with van der Waals surface area (Å²) in [5.74, 6) is -0.336. The molecule has 108 valence electrons. The third-order valence-electron chi connectivity index (χ3n) is 2.79. The minimum atomic E-state index is -0.982. The van der Waals surface area contributed by atoms with Gasteiger partial charge in [-0.1, -0.05) is 0 Å². The third kappa shape index (κ3) is 3.31. The molecule has 1 aliphatic rings. The van der Waals surface area contributed by atoms with Crippen LogP contribution >= 0.6 is 23.1 Å². The molecule has 8 heteroatoms. The number of nitrogens with one attached hydrogen (secondary N) is 1. The van der Waals surface area contributed by atoms with Gasteiger partial charge in [-0.15, -0.1) is 11.3 Å². The minimum absolute atomic E-state index is 0.205. The van der Waals surface area contributed by atoms with Crippen LogP contribution in [0.15, 0.2) is 12.1 Å². The van der Waals surface area contributed by atoms with Crippen LogP contribution < -0.4 is 5.32 Å². The van der Waals surface area contributed by atoms with Crippen LogP contribution in [0.25, 0.3) is 0 Å². The van der Waals surface area contributed by atoms with Gasteiger partial charge < -0.3 is 15.3 Å². The maximum absolute atomic E-state index is 12.4. The second kappa shape index (κ2) is 6.27. The fraction of sp³-hybridized carbons (Fsp3) is 0.417. The second-order valence-corrected chi connectivity index (χ2v) is 6.51. The number of thiophene rings is 1. The van der Waals surface area contributed by atoms with Crippen molar-refractivity contribution >= 4 is 45.9 Å². The van der Waals surface area contributed by atoms with Gasteiger partial charge in [0.25, 0.3) is 5.91 Å². The molecule has 0 saturated carbocycles. The highest BCUT2D eigenvalue weighted by molar-refractivity contribution is 7.99. The summed E-state index contributed by atoms with van der Waals surface area (Å²) in [6.07, 6.45) is 0. The Kier molecular flexibility index (Phi) is 4.66. The molecule has 0 aromatic carbocycles. The molecule has 1 aromatic heterocycles. The minimum Gasteiger partial charge on any atom is -0.480 e. The molecule has 20 heavy (non-hydrogen) atoms. The van der Waals surface area contributed by atoms with Crippen molar-refractivity contribution in [2.24, 2.45) is 0 Å². The zero-order chi connectivity index (χ0) is 14.7. The van der Waals surface area contributed by atoms with Crippen molar-refractivity contribution in [1.82, 2.24) is 4.90 Å². The molecule has 0 bridgehead atoms. The molecule has 2 heterocycles. The van der Waals surface area contributed by atoms with Gasteiger partial charge in [0, 0.05) is 25.0 Å². The van der Waals surface area contributed by atoms with Crippen LogP contribution in [0.5, 0.6) is 0 Å². The predicted molar refractivity (Wildman–Crippen MR) is 78.4 cm³/mol. The molecule has 1 saturated heterocycles. The Balaban J connectivity index is 2.14. The van der Waals surface area contributed by atoms with E-state index in [1.54, 1.807) is 12.1 Å². The fourth-order valence-corrected chi connectivity index (χ4v) is 3.83. The van der Waals surface area contributed by atoms with Gasteiger partial charge in [-0.3, -0.25) is 9.59 Å². The Morgan fingerprint density at radius 2 is 2.15 bits per heavy atom. The van der Waals surface area contributed by atoms with Crippen molar-refractivity contribution in [3.05, 3.63) is 17.0 Å². The fourth-order valence-electron chi connectivity index (χ4n) is 1.89. The average Bonchev–Trinajstić information content (AvgIpc) is 2.85. The van der Waals surface area contributed by atoms with Crippen molar-refractivity contribution in [2.45, 2.75) is 13.0 Å². The van der Waals surface area contributed by atoms with E-state index in [9.17, 15) is 14.4 Å².